The molecule has 8 heteroatoms. The fraction of sp³-hybridized carbons (Fsp3) is 0.385. The maximum absolute atomic E-state index is 12.1. The van der Waals surface area contributed by atoms with E-state index >= 15 is 0 Å². The molecule has 0 aliphatic rings. The molecule has 5 nitrogen and oxygen atoms in total. The highest BCUT2D eigenvalue weighted by atomic mass is 35.5. The smallest absolute Gasteiger partial charge is 0.273 e. The van der Waals surface area contributed by atoms with Crippen LogP contribution in [0.5, 0.6) is 0 Å². The van der Waals surface area contributed by atoms with Crippen LogP contribution in [0.3, 0.4) is 0 Å². The normalized spacial score (nSPS) is 11.9. The summed E-state index contributed by atoms with van der Waals surface area (Å²) in [6, 6.07) is 6.82. The minimum Gasteiger partial charge on any atom is -0.447 e. The Morgan fingerprint density at radius 1 is 1.29 bits per heavy atom. The molecular weight excluding hydrogens is 332 g/mol. The van der Waals surface area contributed by atoms with E-state index in [0.29, 0.717) is 29.6 Å². The van der Waals surface area contributed by atoms with Crippen molar-refractivity contribution < 1.29 is 12.8 Å². The number of rotatable bonds is 8. The molecule has 2 aromatic heterocycles. The van der Waals surface area contributed by atoms with Crippen molar-refractivity contribution in [3.05, 3.63) is 39.2 Å². The van der Waals surface area contributed by atoms with E-state index in [0.717, 1.165) is 11.4 Å². The molecule has 0 saturated heterocycles. The van der Waals surface area contributed by atoms with Crippen LogP contribution in [0.25, 0.3) is 0 Å². The lowest BCUT2D eigenvalue weighted by atomic mass is 10.3. The zero-order chi connectivity index (χ0) is 15.3. The molecule has 2 aromatic rings. The van der Waals surface area contributed by atoms with Gasteiger partial charge in [-0.3, -0.25) is 0 Å². The van der Waals surface area contributed by atoms with Crippen molar-refractivity contribution in [2.75, 3.05) is 13.1 Å². The second kappa shape index (κ2) is 7.42. The van der Waals surface area contributed by atoms with Gasteiger partial charge in [0.15, 0.2) is 0 Å². The first kappa shape index (κ1) is 16.5. The largest absolute Gasteiger partial charge is 0.447 e. The molecule has 0 fully saturated rings. The summed E-state index contributed by atoms with van der Waals surface area (Å²) in [6.07, 6.45) is 0.599. The van der Waals surface area contributed by atoms with Crippen LogP contribution in [0, 0.1) is 0 Å². The van der Waals surface area contributed by atoms with Gasteiger partial charge in [0, 0.05) is 11.4 Å². The minimum atomic E-state index is -3.60. The Bertz CT molecular complexity index is 679. The third-order valence-corrected chi connectivity index (χ3v) is 5.37. The van der Waals surface area contributed by atoms with E-state index in [1.807, 2.05) is 13.0 Å². The van der Waals surface area contributed by atoms with Gasteiger partial charge in [-0.25, -0.2) is 13.1 Å². The summed E-state index contributed by atoms with van der Waals surface area (Å²) in [7, 11) is -3.60. The molecule has 2 rings (SSSR count). The van der Waals surface area contributed by atoms with Crippen molar-refractivity contribution in [2.24, 2.45) is 0 Å². The Hall–Kier alpha value is -0.860. The summed E-state index contributed by atoms with van der Waals surface area (Å²) in [5.41, 5.74) is 0. The van der Waals surface area contributed by atoms with Gasteiger partial charge in [0.25, 0.3) is 10.0 Å². The van der Waals surface area contributed by atoms with Crippen molar-refractivity contribution in [2.45, 2.75) is 25.0 Å². The van der Waals surface area contributed by atoms with E-state index in [9.17, 15) is 8.42 Å². The van der Waals surface area contributed by atoms with Crippen LogP contribution in [0.4, 0.5) is 0 Å². The molecule has 116 valence electrons. The molecule has 0 atom stereocenters. The summed E-state index contributed by atoms with van der Waals surface area (Å²) in [4.78, 5) is 1.04. The Balaban J connectivity index is 1.90. The summed E-state index contributed by atoms with van der Waals surface area (Å²) >= 11 is 7.27. The fourth-order valence-electron chi connectivity index (χ4n) is 1.71. The number of nitrogens with one attached hydrogen (secondary N) is 2. The first-order valence-corrected chi connectivity index (χ1v) is 9.22. The van der Waals surface area contributed by atoms with Crippen molar-refractivity contribution in [3.63, 3.8) is 0 Å². The van der Waals surface area contributed by atoms with Gasteiger partial charge in [-0.1, -0.05) is 18.5 Å². The molecule has 0 saturated carbocycles. The zero-order valence-corrected chi connectivity index (χ0v) is 13.9. The molecule has 0 radical (unpaired) electrons. The molecule has 0 amide bonds. The highest BCUT2D eigenvalue weighted by Crippen LogP contribution is 2.21. The lowest BCUT2D eigenvalue weighted by Gasteiger charge is -2.03. The molecule has 0 spiro atoms. The van der Waals surface area contributed by atoms with Crippen molar-refractivity contribution in [3.8, 4) is 0 Å². The minimum absolute atomic E-state index is 0.0559. The van der Waals surface area contributed by atoms with Crippen LogP contribution >= 0.6 is 22.9 Å². The van der Waals surface area contributed by atoms with E-state index in [2.05, 4.69) is 10.0 Å². The second-order valence-electron chi connectivity index (χ2n) is 4.35. The summed E-state index contributed by atoms with van der Waals surface area (Å²) in [5, 5.41) is 3.02. The van der Waals surface area contributed by atoms with Crippen LogP contribution in [-0.2, 0) is 23.0 Å². The van der Waals surface area contributed by atoms with E-state index < -0.39 is 10.0 Å². The van der Waals surface area contributed by atoms with Crippen LogP contribution in [0.2, 0.25) is 4.34 Å². The molecule has 2 N–H and O–H groups in total. The van der Waals surface area contributed by atoms with Gasteiger partial charge in [0.05, 0.1) is 10.9 Å². The van der Waals surface area contributed by atoms with Gasteiger partial charge in [-0.2, -0.15) is 0 Å². The monoisotopic (exact) mass is 348 g/mol. The average Bonchev–Trinajstić information content (AvgIpc) is 3.06. The molecule has 0 aromatic carbocycles. The molecule has 0 bridgehead atoms. The number of furan rings is 1. The third-order valence-electron chi connectivity index (χ3n) is 2.74. The SMILES string of the molecule is CCNCc1ccc(S(=O)(=O)NCCc2ccc(Cl)s2)o1. The number of hydrogen-bond donors (Lipinski definition) is 2. The van der Waals surface area contributed by atoms with E-state index in [4.69, 9.17) is 16.0 Å². The Morgan fingerprint density at radius 2 is 2.10 bits per heavy atom. The summed E-state index contributed by atoms with van der Waals surface area (Å²) in [5.74, 6) is 0.599. The van der Waals surface area contributed by atoms with Crippen molar-refractivity contribution in [1.29, 1.82) is 0 Å². The maximum atomic E-state index is 12.1. The molecule has 2 heterocycles. The van der Waals surface area contributed by atoms with Gasteiger partial charge < -0.3 is 9.73 Å². The first-order valence-electron chi connectivity index (χ1n) is 6.54. The third kappa shape index (κ3) is 4.82. The lowest BCUT2D eigenvalue weighted by molar-refractivity contribution is 0.401. The molecule has 0 unspecified atom stereocenters. The highest BCUT2D eigenvalue weighted by Gasteiger charge is 2.18. The van der Waals surface area contributed by atoms with E-state index in [1.54, 1.807) is 12.1 Å². The molecule has 21 heavy (non-hydrogen) atoms. The van der Waals surface area contributed by atoms with Crippen LogP contribution in [-0.4, -0.2) is 21.5 Å². The predicted octanol–water partition coefficient (Wildman–Crippen LogP) is 2.63. The predicted molar refractivity (Wildman–Crippen MR) is 84.3 cm³/mol. The Morgan fingerprint density at radius 3 is 2.76 bits per heavy atom. The number of hydrogen-bond acceptors (Lipinski definition) is 5. The molecular formula is C13H17ClN2O3S2. The molecule has 0 aliphatic heterocycles. The van der Waals surface area contributed by atoms with Gasteiger partial charge in [0.1, 0.15) is 5.76 Å². The van der Waals surface area contributed by atoms with Gasteiger partial charge >= 0.3 is 0 Å². The quantitative estimate of drug-likeness (QED) is 0.769. The zero-order valence-electron chi connectivity index (χ0n) is 11.6. The Labute approximate surface area is 133 Å². The standard InChI is InChI=1S/C13H17ClN2O3S2/c1-2-15-9-10-3-6-13(19-10)21(17,18)16-8-7-11-4-5-12(14)20-11/h3-6,15-16H,2,7-9H2,1H3. The van der Waals surface area contributed by atoms with Crippen LogP contribution < -0.4 is 10.0 Å². The van der Waals surface area contributed by atoms with Crippen molar-refractivity contribution >= 4 is 33.0 Å². The van der Waals surface area contributed by atoms with Crippen LogP contribution in [0.1, 0.15) is 17.6 Å². The fourth-order valence-corrected chi connectivity index (χ4v) is 3.78. The van der Waals surface area contributed by atoms with Crippen LogP contribution in [0.15, 0.2) is 33.8 Å². The van der Waals surface area contributed by atoms with Gasteiger partial charge in [0.2, 0.25) is 5.09 Å². The van der Waals surface area contributed by atoms with E-state index in [-0.39, 0.29) is 5.09 Å². The van der Waals surface area contributed by atoms with Gasteiger partial charge in [-0.05, 0) is 37.2 Å². The Kier molecular flexibility index (Phi) is 5.83. The summed E-state index contributed by atoms with van der Waals surface area (Å²) < 4.78 is 32.7. The topological polar surface area (TPSA) is 71.3 Å². The maximum Gasteiger partial charge on any atom is 0.273 e. The first-order chi connectivity index (χ1) is 10.0. The number of thiophene rings is 1. The highest BCUT2D eigenvalue weighted by molar-refractivity contribution is 7.89. The van der Waals surface area contributed by atoms with Crippen molar-refractivity contribution in [1.82, 2.24) is 10.0 Å². The second-order valence-corrected chi connectivity index (χ2v) is 7.85. The van der Waals surface area contributed by atoms with Gasteiger partial charge in [-0.15, -0.1) is 11.3 Å². The number of halogens is 1. The van der Waals surface area contributed by atoms with E-state index in [1.165, 1.54) is 17.4 Å². The number of sulfonamides is 1. The average molecular weight is 349 g/mol. The summed E-state index contributed by atoms with van der Waals surface area (Å²) in [6.45, 7) is 3.59. The molecule has 0 aliphatic carbocycles. The lowest BCUT2D eigenvalue weighted by Crippen LogP contribution is -2.25.